The van der Waals surface area contributed by atoms with E-state index in [1.165, 1.54) is 5.56 Å². The summed E-state index contributed by atoms with van der Waals surface area (Å²) in [5.74, 6) is 1.46. The summed E-state index contributed by atoms with van der Waals surface area (Å²) in [5.41, 5.74) is 3.29. The lowest BCUT2D eigenvalue weighted by Crippen LogP contribution is -2.13. The monoisotopic (exact) mass is 382 g/mol. The van der Waals surface area contributed by atoms with Crippen LogP contribution >= 0.6 is 11.6 Å². The van der Waals surface area contributed by atoms with Crippen molar-refractivity contribution in [3.63, 3.8) is 0 Å². The van der Waals surface area contributed by atoms with Crippen LogP contribution in [0.25, 0.3) is 0 Å². The van der Waals surface area contributed by atoms with Gasteiger partial charge in [-0.1, -0.05) is 35.9 Å². The van der Waals surface area contributed by atoms with Gasteiger partial charge in [-0.15, -0.1) is 0 Å². The Kier molecular flexibility index (Phi) is 7.08. The van der Waals surface area contributed by atoms with Gasteiger partial charge in [0.15, 0.2) is 11.5 Å². The van der Waals surface area contributed by atoms with Crippen molar-refractivity contribution >= 4 is 11.6 Å². The molecule has 5 heteroatoms. The molecule has 0 aliphatic carbocycles. The SMILES string of the molecule is CCOc1cc(CNCc2ccncc2)ccc1OCc1ccccc1Cl. The number of ether oxygens (including phenoxy) is 2. The third kappa shape index (κ3) is 5.71. The van der Waals surface area contributed by atoms with Gasteiger partial charge in [-0.05, 0) is 48.4 Å². The molecule has 1 N–H and O–H groups in total. The normalized spacial score (nSPS) is 10.6. The Morgan fingerprint density at radius 3 is 2.44 bits per heavy atom. The van der Waals surface area contributed by atoms with E-state index in [0.29, 0.717) is 18.2 Å². The van der Waals surface area contributed by atoms with Crippen LogP contribution in [-0.4, -0.2) is 11.6 Å². The van der Waals surface area contributed by atoms with Gasteiger partial charge in [0, 0.05) is 36.1 Å². The largest absolute Gasteiger partial charge is 0.490 e. The van der Waals surface area contributed by atoms with E-state index in [9.17, 15) is 0 Å². The van der Waals surface area contributed by atoms with E-state index in [-0.39, 0.29) is 0 Å². The minimum atomic E-state index is 0.402. The highest BCUT2D eigenvalue weighted by Gasteiger charge is 2.08. The van der Waals surface area contributed by atoms with Crippen LogP contribution in [-0.2, 0) is 19.7 Å². The molecule has 0 bridgehead atoms. The summed E-state index contributed by atoms with van der Waals surface area (Å²) in [6.07, 6.45) is 3.60. The van der Waals surface area contributed by atoms with Crippen LogP contribution in [0.1, 0.15) is 23.6 Å². The molecule has 0 spiro atoms. The molecule has 0 aliphatic heterocycles. The number of hydrogen-bond acceptors (Lipinski definition) is 4. The first-order chi connectivity index (χ1) is 13.3. The van der Waals surface area contributed by atoms with E-state index in [4.69, 9.17) is 21.1 Å². The first kappa shape index (κ1) is 19.2. The van der Waals surface area contributed by atoms with Crippen molar-refractivity contribution in [1.29, 1.82) is 0 Å². The molecule has 1 heterocycles. The molecule has 0 unspecified atom stereocenters. The fourth-order valence-corrected chi connectivity index (χ4v) is 2.86. The number of rotatable bonds is 9. The second-order valence-electron chi connectivity index (χ2n) is 6.05. The maximum atomic E-state index is 6.20. The smallest absolute Gasteiger partial charge is 0.161 e. The number of aromatic nitrogens is 1. The fourth-order valence-electron chi connectivity index (χ4n) is 2.67. The average molecular weight is 383 g/mol. The van der Waals surface area contributed by atoms with Crippen LogP contribution in [0.15, 0.2) is 67.0 Å². The summed E-state index contributed by atoms with van der Waals surface area (Å²) in [5, 5.41) is 4.13. The van der Waals surface area contributed by atoms with Crippen LogP contribution in [0.3, 0.4) is 0 Å². The maximum Gasteiger partial charge on any atom is 0.161 e. The lowest BCUT2D eigenvalue weighted by atomic mass is 10.2. The summed E-state index contributed by atoms with van der Waals surface area (Å²) in [6, 6.07) is 17.7. The van der Waals surface area contributed by atoms with E-state index in [1.807, 2.05) is 61.5 Å². The Morgan fingerprint density at radius 2 is 1.67 bits per heavy atom. The molecule has 0 radical (unpaired) electrons. The van der Waals surface area contributed by atoms with Gasteiger partial charge in [0.25, 0.3) is 0 Å². The summed E-state index contributed by atoms with van der Waals surface area (Å²) < 4.78 is 11.7. The van der Waals surface area contributed by atoms with Crippen LogP contribution in [0, 0.1) is 0 Å². The minimum Gasteiger partial charge on any atom is -0.490 e. The first-order valence-corrected chi connectivity index (χ1v) is 9.35. The Bertz CT molecular complexity index is 856. The summed E-state index contributed by atoms with van der Waals surface area (Å²) in [4.78, 5) is 4.03. The molecule has 140 valence electrons. The van der Waals surface area contributed by atoms with E-state index >= 15 is 0 Å². The van der Waals surface area contributed by atoms with Gasteiger partial charge in [0.1, 0.15) is 6.61 Å². The predicted octanol–water partition coefficient (Wildman–Crippen LogP) is 5.00. The Hall–Kier alpha value is -2.56. The van der Waals surface area contributed by atoms with Crippen molar-refractivity contribution in [3.8, 4) is 11.5 Å². The summed E-state index contributed by atoms with van der Waals surface area (Å²) in [7, 11) is 0. The van der Waals surface area contributed by atoms with Crippen LogP contribution in [0.2, 0.25) is 5.02 Å². The van der Waals surface area contributed by atoms with Gasteiger partial charge in [0.05, 0.1) is 6.61 Å². The highest BCUT2D eigenvalue weighted by molar-refractivity contribution is 6.31. The number of halogens is 1. The fraction of sp³-hybridized carbons (Fsp3) is 0.227. The average Bonchev–Trinajstić information content (AvgIpc) is 2.69. The molecule has 0 fully saturated rings. The summed E-state index contributed by atoms with van der Waals surface area (Å²) >= 11 is 6.20. The van der Waals surface area contributed by atoms with Gasteiger partial charge in [-0.3, -0.25) is 4.98 Å². The summed E-state index contributed by atoms with van der Waals surface area (Å²) in [6.45, 7) is 4.48. The standard InChI is InChI=1S/C22H23ClN2O2/c1-2-26-22-13-18(15-25-14-17-9-11-24-12-10-17)7-8-21(22)27-16-19-5-3-4-6-20(19)23/h3-13,25H,2,14-16H2,1H3. The third-order valence-corrected chi connectivity index (χ3v) is 4.43. The minimum absolute atomic E-state index is 0.402. The van der Waals surface area contributed by atoms with E-state index in [0.717, 1.165) is 35.7 Å². The first-order valence-electron chi connectivity index (χ1n) is 8.98. The molecule has 27 heavy (non-hydrogen) atoms. The second-order valence-corrected chi connectivity index (χ2v) is 6.46. The van der Waals surface area contributed by atoms with Gasteiger partial charge in [0.2, 0.25) is 0 Å². The topological polar surface area (TPSA) is 43.4 Å². The van der Waals surface area contributed by atoms with Gasteiger partial charge in [-0.2, -0.15) is 0 Å². The lowest BCUT2D eigenvalue weighted by molar-refractivity contribution is 0.269. The van der Waals surface area contributed by atoms with E-state index < -0.39 is 0 Å². The molecule has 0 aliphatic rings. The second kappa shape index (κ2) is 9.95. The third-order valence-electron chi connectivity index (χ3n) is 4.06. The van der Waals surface area contributed by atoms with Crippen LogP contribution in [0.4, 0.5) is 0 Å². The molecule has 0 saturated heterocycles. The Balaban J connectivity index is 1.62. The quantitative estimate of drug-likeness (QED) is 0.565. The molecule has 0 amide bonds. The molecule has 4 nitrogen and oxygen atoms in total. The van der Waals surface area contributed by atoms with Crippen LogP contribution < -0.4 is 14.8 Å². The van der Waals surface area contributed by atoms with Crippen LogP contribution in [0.5, 0.6) is 11.5 Å². The highest BCUT2D eigenvalue weighted by atomic mass is 35.5. The zero-order valence-corrected chi connectivity index (χ0v) is 16.1. The van der Waals surface area contributed by atoms with Crippen molar-refractivity contribution in [2.24, 2.45) is 0 Å². The molecular weight excluding hydrogens is 360 g/mol. The molecule has 3 aromatic rings. The molecule has 1 aromatic heterocycles. The molecule has 0 saturated carbocycles. The van der Waals surface area contributed by atoms with Gasteiger partial charge < -0.3 is 14.8 Å². The Labute approximate surface area is 165 Å². The number of benzene rings is 2. The van der Waals surface area contributed by atoms with E-state index in [2.05, 4.69) is 10.3 Å². The van der Waals surface area contributed by atoms with Gasteiger partial charge in [-0.25, -0.2) is 0 Å². The number of nitrogens with one attached hydrogen (secondary N) is 1. The highest BCUT2D eigenvalue weighted by Crippen LogP contribution is 2.30. The van der Waals surface area contributed by atoms with Crippen molar-refractivity contribution in [2.45, 2.75) is 26.6 Å². The molecule has 3 rings (SSSR count). The lowest BCUT2D eigenvalue weighted by Gasteiger charge is -2.14. The molecule has 2 aromatic carbocycles. The maximum absolute atomic E-state index is 6.20. The van der Waals surface area contributed by atoms with E-state index in [1.54, 1.807) is 12.4 Å². The zero-order chi connectivity index (χ0) is 18.9. The van der Waals surface area contributed by atoms with Crippen molar-refractivity contribution in [2.75, 3.05) is 6.61 Å². The number of hydrogen-bond donors (Lipinski definition) is 1. The molecule has 0 atom stereocenters. The number of nitrogens with zero attached hydrogens (tertiary/aromatic N) is 1. The number of pyridine rings is 1. The Morgan fingerprint density at radius 1 is 0.889 bits per heavy atom. The van der Waals surface area contributed by atoms with Crippen molar-refractivity contribution in [3.05, 3.63) is 88.7 Å². The van der Waals surface area contributed by atoms with Crippen molar-refractivity contribution in [1.82, 2.24) is 10.3 Å². The predicted molar refractivity (Wildman–Crippen MR) is 108 cm³/mol. The van der Waals surface area contributed by atoms with Gasteiger partial charge >= 0.3 is 0 Å². The van der Waals surface area contributed by atoms with Crippen molar-refractivity contribution < 1.29 is 9.47 Å². The molecular formula is C22H23ClN2O2. The zero-order valence-electron chi connectivity index (χ0n) is 15.3.